The predicted molar refractivity (Wildman–Crippen MR) is 80.7 cm³/mol. The Morgan fingerprint density at radius 2 is 1.84 bits per heavy atom. The summed E-state index contributed by atoms with van der Waals surface area (Å²) in [5, 5.41) is 3.72. The summed E-state index contributed by atoms with van der Waals surface area (Å²) < 4.78 is 5.18. The molecule has 0 radical (unpaired) electrons. The molecule has 3 atom stereocenters. The first-order valence-electron chi connectivity index (χ1n) is 7.55. The van der Waals surface area contributed by atoms with Crippen molar-refractivity contribution in [2.45, 2.75) is 45.6 Å². The molecule has 0 heterocycles. The van der Waals surface area contributed by atoms with Crippen molar-refractivity contribution in [3.8, 4) is 5.75 Å². The number of benzene rings is 1. The predicted octanol–water partition coefficient (Wildman–Crippen LogP) is 3.65. The smallest absolute Gasteiger partial charge is 0.118 e. The third-order valence-corrected chi connectivity index (χ3v) is 4.60. The van der Waals surface area contributed by atoms with Crippen LogP contribution in [0.25, 0.3) is 0 Å². The Hall–Kier alpha value is -1.02. The molecule has 0 aliphatic heterocycles. The van der Waals surface area contributed by atoms with E-state index >= 15 is 0 Å². The van der Waals surface area contributed by atoms with Crippen molar-refractivity contribution in [1.82, 2.24) is 5.32 Å². The van der Waals surface area contributed by atoms with Gasteiger partial charge in [-0.25, -0.2) is 0 Å². The van der Waals surface area contributed by atoms with Crippen LogP contribution in [0.15, 0.2) is 24.3 Å². The highest BCUT2D eigenvalue weighted by Gasteiger charge is 2.23. The highest BCUT2D eigenvalue weighted by Crippen LogP contribution is 2.29. The van der Waals surface area contributed by atoms with E-state index in [0.29, 0.717) is 0 Å². The van der Waals surface area contributed by atoms with E-state index in [1.165, 1.54) is 24.8 Å². The molecular formula is C17H27NO. The number of hydrogen-bond acceptors (Lipinski definition) is 2. The van der Waals surface area contributed by atoms with Gasteiger partial charge in [-0.2, -0.15) is 0 Å². The van der Waals surface area contributed by atoms with Crippen LogP contribution < -0.4 is 10.1 Å². The normalized spacial score (nSPS) is 27.2. The maximum absolute atomic E-state index is 5.18. The molecule has 2 heteroatoms. The first-order valence-corrected chi connectivity index (χ1v) is 7.55. The Labute approximate surface area is 117 Å². The standard InChI is InChI=1S/C17H27NO/c1-13-4-7-16(12-14(13)2)18-11-10-15-5-8-17(19-3)9-6-15/h5-6,8-9,13-14,16,18H,4,7,10-12H2,1-3H3. The Bertz CT molecular complexity index is 373. The highest BCUT2D eigenvalue weighted by atomic mass is 16.5. The largest absolute Gasteiger partial charge is 0.497 e. The minimum Gasteiger partial charge on any atom is -0.497 e. The Kier molecular flexibility index (Phi) is 5.26. The lowest BCUT2D eigenvalue weighted by Crippen LogP contribution is -2.37. The number of methoxy groups -OCH3 is 1. The summed E-state index contributed by atoms with van der Waals surface area (Å²) >= 11 is 0. The van der Waals surface area contributed by atoms with Crippen molar-refractivity contribution in [2.75, 3.05) is 13.7 Å². The van der Waals surface area contributed by atoms with E-state index in [-0.39, 0.29) is 0 Å². The molecule has 2 rings (SSSR count). The van der Waals surface area contributed by atoms with Crippen molar-refractivity contribution < 1.29 is 4.74 Å². The minimum absolute atomic E-state index is 0.726. The van der Waals surface area contributed by atoms with Crippen LogP contribution >= 0.6 is 0 Å². The molecule has 1 N–H and O–H groups in total. The molecule has 0 amide bonds. The lowest BCUT2D eigenvalue weighted by molar-refractivity contribution is 0.227. The van der Waals surface area contributed by atoms with Crippen LogP contribution in [0.4, 0.5) is 0 Å². The number of nitrogens with one attached hydrogen (secondary N) is 1. The molecule has 106 valence electrons. The van der Waals surface area contributed by atoms with Crippen LogP contribution in [-0.4, -0.2) is 19.7 Å². The van der Waals surface area contributed by atoms with E-state index in [2.05, 4.69) is 31.3 Å². The van der Waals surface area contributed by atoms with Gasteiger partial charge in [-0.3, -0.25) is 0 Å². The lowest BCUT2D eigenvalue weighted by Gasteiger charge is -2.32. The van der Waals surface area contributed by atoms with Gasteiger partial charge in [-0.05, 0) is 61.8 Å². The quantitative estimate of drug-likeness (QED) is 0.873. The number of rotatable bonds is 5. The molecule has 2 nitrogen and oxygen atoms in total. The van der Waals surface area contributed by atoms with Gasteiger partial charge in [0.15, 0.2) is 0 Å². The molecular weight excluding hydrogens is 234 g/mol. The van der Waals surface area contributed by atoms with Gasteiger partial charge in [0.05, 0.1) is 7.11 Å². The Morgan fingerprint density at radius 3 is 2.47 bits per heavy atom. The van der Waals surface area contributed by atoms with Crippen LogP contribution in [-0.2, 0) is 6.42 Å². The zero-order valence-electron chi connectivity index (χ0n) is 12.5. The summed E-state index contributed by atoms with van der Waals surface area (Å²) in [6.45, 7) is 5.86. The van der Waals surface area contributed by atoms with Crippen molar-refractivity contribution in [2.24, 2.45) is 11.8 Å². The monoisotopic (exact) mass is 261 g/mol. The Balaban J connectivity index is 1.71. The average molecular weight is 261 g/mol. The third kappa shape index (κ3) is 4.24. The molecule has 1 aliphatic rings. The first kappa shape index (κ1) is 14.4. The van der Waals surface area contributed by atoms with E-state index in [9.17, 15) is 0 Å². The summed E-state index contributed by atoms with van der Waals surface area (Å²) in [5.41, 5.74) is 1.38. The maximum atomic E-state index is 5.18. The van der Waals surface area contributed by atoms with Crippen LogP contribution in [0.2, 0.25) is 0 Å². The maximum Gasteiger partial charge on any atom is 0.118 e. The summed E-state index contributed by atoms with van der Waals surface area (Å²) in [6.07, 6.45) is 5.16. The van der Waals surface area contributed by atoms with E-state index < -0.39 is 0 Å². The Morgan fingerprint density at radius 1 is 1.11 bits per heavy atom. The summed E-state index contributed by atoms with van der Waals surface area (Å²) in [4.78, 5) is 0. The van der Waals surface area contributed by atoms with Gasteiger partial charge in [0.25, 0.3) is 0 Å². The highest BCUT2D eigenvalue weighted by molar-refractivity contribution is 5.27. The topological polar surface area (TPSA) is 21.3 Å². The minimum atomic E-state index is 0.726. The van der Waals surface area contributed by atoms with E-state index in [1.54, 1.807) is 7.11 Å². The van der Waals surface area contributed by atoms with Gasteiger partial charge in [0.2, 0.25) is 0 Å². The van der Waals surface area contributed by atoms with Gasteiger partial charge in [-0.15, -0.1) is 0 Å². The molecule has 0 spiro atoms. The van der Waals surface area contributed by atoms with Gasteiger partial charge in [0.1, 0.15) is 5.75 Å². The van der Waals surface area contributed by atoms with E-state index in [1.807, 2.05) is 12.1 Å². The van der Waals surface area contributed by atoms with Crippen molar-refractivity contribution >= 4 is 0 Å². The summed E-state index contributed by atoms with van der Waals surface area (Å²) in [7, 11) is 1.71. The fraction of sp³-hybridized carbons (Fsp3) is 0.647. The lowest BCUT2D eigenvalue weighted by atomic mass is 9.79. The molecule has 1 aromatic carbocycles. The second kappa shape index (κ2) is 6.95. The van der Waals surface area contributed by atoms with Crippen LogP contribution in [0, 0.1) is 11.8 Å². The zero-order valence-corrected chi connectivity index (χ0v) is 12.5. The van der Waals surface area contributed by atoms with E-state index in [0.717, 1.165) is 36.6 Å². The summed E-state index contributed by atoms with van der Waals surface area (Å²) in [6, 6.07) is 9.13. The zero-order chi connectivity index (χ0) is 13.7. The number of ether oxygens (including phenoxy) is 1. The second-order valence-electron chi connectivity index (χ2n) is 6.02. The molecule has 3 unspecified atom stereocenters. The average Bonchev–Trinajstić information content (AvgIpc) is 2.43. The fourth-order valence-corrected chi connectivity index (χ4v) is 2.95. The van der Waals surface area contributed by atoms with Crippen LogP contribution in [0.3, 0.4) is 0 Å². The molecule has 1 saturated carbocycles. The van der Waals surface area contributed by atoms with Crippen LogP contribution in [0.1, 0.15) is 38.7 Å². The molecule has 19 heavy (non-hydrogen) atoms. The van der Waals surface area contributed by atoms with Crippen molar-refractivity contribution in [3.05, 3.63) is 29.8 Å². The van der Waals surface area contributed by atoms with Gasteiger partial charge >= 0.3 is 0 Å². The molecule has 1 aliphatic carbocycles. The SMILES string of the molecule is COc1ccc(CCNC2CCC(C)C(C)C2)cc1. The summed E-state index contributed by atoms with van der Waals surface area (Å²) in [5.74, 6) is 2.71. The molecule has 0 bridgehead atoms. The van der Waals surface area contributed by atoms with Crippen molar-refractivity contribution in [1.29, 1.82) is 0 Å². The molecule has 1 fully saturated rings. The van der Waals surface area contributed by atoms with Crippen molar-refractivity contribution in [3.63, 3.8) is 0 Å². The molecule has 0 aromatic heterocycles. The van der Waals surface area contributed by atoms with E-state index in [4.69, 9.17) is 4.74 Å². The second-order valence-corrected chi connectivity index (χ2v) is 6.02. The number of hydrogen-bond donors (Lipinski definition) is 1. The first-order chi connectivity index (χ1) is 9.19. The van der Waals surface area contributed by atoms with Gasteiger partial charge in [0, 0.05) is 6.04 Å². The third-order valence-electron chi connectivity index (χ3n) is 4.60. The molecule has 1 aromatic rings. The van der Waals surface area contributed by atoms with Gasteiger partial charge in [-0.1, -0.05) is 26.0 Å². The van der Waals surface area contributed by atoms with Gasteiger partial charge < -0.3 is 10.1 Å². The van der Waals surface area contributed by atoms with Crippen LogP contribution in [0.5, 0.6) is 5.75 Å². The molecule has 0 saturated heterocycles. The fourth-order valence-electron chi connectivity index (χ4n) is 2.95.